The molecule has 30 heavy (non-hydrogen) atoms. The Bertz CT molecular complexity index is 864. The summed E-state index contributed by atoms with van der Waals surface area (Å²) in [5.74, 6) is 1.94. The SMILES string of the molecule is COc1ccc(CCC(=O)N2CCN(c3ccc(C(F)(F)F)c[nH+]3)CC2)cc1OC. The number of ether oxygens (including phenoxy) is 2. The molecule has 1 aromatic heterocycles. The van der Waals surface area contributed by atoms with Gasteiger partial charge in [-0.25, -0.2) is 4.98 Å². The van der Waals surface area contributed by atoms with E-state index in [4.69, 9.17) is 9.47 Å². The van der Waals surface area contributed by atoms with Crippen LogP contribution in [0.4, 0.5) is 19.0 Å². The van der Waals surface area contributed by atoms with Crippen LogP contribution in [0.1, 0.15) is 17.5 Å². The van der Waals surface area contributed by atoms with Crippen LogP contribution in [-0.4, -0.2) is 51.2 Å². The number of carbonyl (C=O) groups excluding carboxylic acids is 1. The fraction of sp³-hybridized carbons (Fsp3) is 0.429. The zero-order valence-corrected chi connectivity index (χ0v) is 17.0. The summed E-state index contributed by atoms with van der Waals surface area (Å²) in [5, 5.41) is 0. The highest BCUT2D eigenvalue weighted by molar-refractivity contribution is 5.76. The number of nitrogens with one attached hydrogen (secondary N) is 1. The molecule has 9 heteroatoms. The smallest absolute Gasteiger partial charge is 0.419 e. The number of benzene rings is 1. The van der Waals surface area contributed by atoms with E-state index >= 15 is 0 Å². The predicted octanol–water partition coefficient (Wildman–Crippen LogP) is 2.82. The van der Waals surface area contributed by atoms with Gasteiger partial charge >= 0.3 is 6.18 Å². The number of hydrogen-bond acceptors (Lipinski definition) is 4. The van der Waals surface area contributed by atoms with E-state index in [1.54, 1.807) is 19.1 Å². The van der Waals surface area contributed by atoms with Crippen molar-refractivity contribution < 1.29 is 32.4 Å². The second-order valence-corrected chi connectivity index (χ2v) is 7.02. The average molecular weight is 424 g/mol. The lowest BCUT2D eigenvalue weighted by molar-refractivity contribution is -0.367. The summed E-state index contributed by atoms with van der Waals surface area (Å²) in [7, 11) is 3.14. The molecule has 0 spiro atoms. The minimum atomic E-state index is -4.37. The van der Waals surface area contributed by atoms with E-state index in [0.717, 1.165) is 17.8 Å². The maximum atomic E-state index is 12.7. The first-order valence-electron chi connectivity index (χ1n) is 9.64. The first-order valence-corrected chi connectivity index (χ1v) is 9.64. The van der Waals surface area contributed by atoms with Crippen LogP contribution in [0.25, 0.3) is 0 Å². The topological polar surface area (TPSA) is 56.2 Å². The quantitative estimate of drug-likeness (QED) is 0.716. The van der Waals surface area contributed by atoms with Crippen LogP contribution in [0.5, 0.6) is 11.5 Å². The zero-order valence-electron chi connectivity index (χ0n) is 17.0. The van der Waals surface area contributed by atoms with Crippen molar-refractivity contribution in [3.05, 3.63) is 47.7 Å². The molecule has 0 atom stereocenters. The number of carbonyl (C=O) groups is 1. The molecule has 2 heterocycles. The molecule has 3 rings (SSSR count). The van der Waals surface area contributed by atoms with Crippen molar-refractivity contribution in [3.8, 4) is 11.5 Å². The van der Waals surface area contributed by atoms with Gasteiger partial charge in [0, 0.05) is 12.5 Å². The third kappa shape index (κ3) is 5.14. The fourth-order valence-corrected chi connectivity index (χ4v) is 3.43. The van der Waals surface area contributed by atoms with Crippen LogP contribution in [-0.2, 0) is 17.4 Å². The molecule has 1 amide bonds. The van der Waals surface area contributed by atoms with E-state index in [1.807, 2.05) is 23.1 Å². The van der Waals surface area contributed by atoms with Gasteiger partial charge in [-0.1, -0.05) is 6.07 Å². The third-order valence-corrected chi connectivity index (χ3v) is 5.17. The summed E-state index contributed by atoms with van der Waals surface area (Å²) in [6.45, 7) is 2.17. The summed E-state index contributed by atoms with van der Waals surface area (Å²) < 4.78 is 48.6. The van der Waals surface area contributed by atoms with E-state index in [-0.39, 0.29) is 5.91 Å². The number of alkyl halides is 3. The van der Waals surface area contributed by atoms with Crippen LogP contribution in [0.3, 0.4) is 0 Å². The molecule has 0 saturated carbocycles. The minimum Gasteiger partial charge on any atom is -0.493 e. The number of halogens is 3. The summed E-state index contributed by atoms with van der Waals surface area (Å²) in [5.41, 5.74) is 0.272. The molecule has 0 bridgehead atoms. The van der Waals surface area contributed by atoms with Crippen LogP contribution >= 0.6 is 0 Å². The Morgan fingerprint density at radius 2 is 1.73 bits per heavy atom. The van der Waals surface area contributed by atoms with E-state index < -0.39 is 11.7 Å². The van der Waals surface area contributed by atoms with E-state index in [0.29, 0.717) is 56.3 Å². The molecule has 1 aromatic carbocycles. The highest BCUT2D eigenvalue weighted by Gasteiger charge is 2.33. The molecule has 1 fully saturated rings. The first-order chi connectivity index (χ1) is 14.3. The molecule has 1 saturated heterocycles. The third-order valence-electron chi connectivity index (χ3n) is 5.17. The number of aromatic amines is 1. The van der Waals surface area contributed by atoms with E-state index in [1.165, 1.54) is 6.07 Å². The normalized spacial score (nSPS) is 14.6. The Hall–Kier alpha value is -2.97. The molecule has 162 valence electrons. The van der Waals surface area contributed by atoms with Crippen molar-refractivity contribution in [2.75, 3.05) is 45.3 Å². The van der Waals surface area contributed by atoms with Crippen molar-refractivity contribution in [1.82, 2.24) is 4.90 Å². The Labute approximate surface area is 173 Å². The predicted molar refractivity (Wildman–Crippen MR) is 105 cm³/mol. The molecule has 1 N–H and O–H groups in total. The lowest BCUT2D eigenvalue weighted by Gasteiger charge is -2.31. The maximum Gasteiger partial charge on any atom is 0.419 e. The van der Waals surface area contributed by atoms with Crippen molar-refractivity contribution in [2.45, 2.75) is 19.0 Å². The lowest BCUT2D eigenvalue weighted by atomic mass is 10.1. The summed E-state index contributed by atoms with van der Waals surface area (Å²) in [6, 6.07) is 8.08. The Balaban J connectivity index is 1.50. The van der Waals surface area contributed by atoms with Crippen LogP contribution in [0, 0.1) is 0 Å². The van der Waals surface area contributed by atoms with Gasteiger partial charge in [-0.05, 0) is 30.2 Å². The maximum absolute atomic E-state index is 12.7. The number of anilines is 1. The molecule has 1 aliphatic rings. The number of aryl methyl sites for hydroxylation is 1. The average Bonchev–Trinajstić information content (AvgIpc) is 2.76. The monoisotopic (exact) mass is 424 g/mol. The number of piperazine rings is 1. The molecule has 1 aliphatic heterocycles. The second-order valence-electron chi connectivity index (χ2n) is 7.02. The van der Waals surface area contributed by atoms with Crippen LogP contribution in [0.15, 0.2) is 36.5 Å². The molecular formula is C21H25F3N3O3+. The number of pyridine rings is 1. The summed E-state index contributed by atoms with van der Waals surface area (Å²) in [4.78, 5) is 19.0. The number of H-pyrrole nitrogens is 1. The van der Waals surface area contributed by atoms with E-state index in [9.17, 15) is 18.0 Å². The Morgan fingerprint density at radius 1 is 1.03 bits per heavy atom. The molecule has 2 aromatic rings. The molecule has 6 nitrogen and oxygen atoms in total. The van der Waals surface area contributed by atoms with Gasteiger partial charge in [-0.15, -0.1) is 0 Å². The Kier molecular flexibility index (Phi) is 6.69. The zero-order chi connectivity index (χ0) is 21.7. The molecule has 0 radical (unpaired) electrons. The van der Waals surface area contributed by atoms with Gasteiger partial charge in [0.05, 0.1) is 32.9 Å². The molecule has 0 aliphatic carbocycles. The fourth-order valence-electron chi connectivity index (χ4n) is 3.43. The minimum absolute atomic E-state index is 0.0563. The largest absolute Gasteiger partial charge is 0.493 e. The molecular weight excluding hydrogens is 399 g/mol. The van der Waals surface area contributed by atoms with Gasteiger partial charge < -0.3 is 14.4 Å². The number of nitrogens with zero attached hydrogens (tertiary/aromatic N) is 2. The van der Waals surface area contributed by atoms with Gasteiger partial charge in [0.25, 0.3) is 5.82 Å². The van der Waals surface area contributed by atoms with Crippen LogP contribution in [0.2, 0.25) is 0 Å². The number of aromatic nitrogens is 1. The highest BCUT2D eigenvalue weighted by Crippen LogP contribution is 2.29. The van der Waals surface area contributed by atoms with Gasteiger partial charge in [0.2, 0.25) is 5.91 Å². The molecule has 0 unspecified atom stereocenters. The first kappa shape index (κ1) is 21.7. The Morgan fingerprint density at radius 3 is 2.30 bits per heavy atom. The van der Waals surface area contributed by atoms with Gasteiger partial charge in [0.15, 0.2) is 11.5 Å². The van der Waals surface area contributed by atoms with Crippen molar-refractivity contribution >= 4 is 11.7 Å². The summed E-state index contributed by atoms with van der Waals surface area (Å²) >= 11 is 0. The standard InChI is InChI=1S/C21H24F3N3O3/c1-29-17-6-3-15(13-18(17)30-2)4-8-20(28)27-11-9-26(10-12-27)19-7-5-16(14-25-19)21(22,23)24/h3,5-7,13-14H,4,8-12H2,1-2H3/p+1. The highest BCUT2D eigenvalue weighted by atomic mass is 19.4. The second kappa shape index (κ2) is 9.23. The summed E-state index contributed by atoms with van der Waals surface area (Å²) in [6.07, 6.45) is -2.43. The van der Waals surface area contributed by atoms with Gasteiger partial charge in [-0.3, -0.25) is 9.69 Å². The van der Waals surface area contributed by atoms with Gasteiger partial charge in [-0.2, -0.15) is 13.2 Å². The van der Waals surface area contributed by atoms with Gasteiger partial charge in [0.1, 0.15) is 19.3 Å². The number of methoxy groups -OCH3 is 2. The van der Waals surface area contributed by atoms with Crippen molar-refractivity contribution in [1.29, 1.82) is 0 Å². The number of hydrogen-bond donors (Lipinski definition) is 0. The van der Waals surface area contributed by atoms with Crippen molar-refractivity contribution in [2.24, 2.45) is 0 Å². The lowest BCUT2D eigenvalue weighted by Crippen LogP contribution is -2.50. The number of amides is 1. The van der Waals surface area contributed by atoms with Crippen molar-refractivity contribution in [3.63, 3.8) is 0 Å². The van der Waals surface area contributed by atoms with E-state index in [2.05, 4.69) is 4.98 Å². The van der Waals surface area contributed by atoms with Crippen LogP contribution < -0.4 is 19.4 Å². The number of rotatable bonds is 6.